The van der Waals surface area contributed by atoms with Crippen LogP contribution in [0.4, 0.5) is 10.5 Å². The number of amides is 2. The standard InChI is InChI=1S/C27H34N4O/c1-3-9-21(2)30-18-15-24(16-19-30)31(20-22-10-5-4-6-11-22)27(32)29-25-14-7-12-23-13-8-17-28-26(23)25/h4-8,10-14,17,21,24H,3,9,15-16,18-20H2,1-2H3,(H,29,32). The SMILES string of the molecule is CCCC(C)N1CCC(N(Cc2ccccc2)C(=O)Nc2cccc3cccnc23)CC1. The van der Waals surface area contributed by atoms with Gasteiger partial charge < -0.3 is 15.1 Å². The molecule has 168 valence electrons. The summed E-state index contributed by atoms with van der Waals surface area (Å²) in [7, 11) is 0. The zero-order valence-electron chi connectivity index (χ0n) is 19.2. The number of hydrogen-bond acceptors (Lipinski definition) is 3. The summed E-state index contributed by atoms with van der Waals surface area (Å²) in [6.07, 6.45) is 6.22. The lowest BCUT2D eigenvalue weighted by Gasteiger charge is -2.40. The van der Waals surface area contributed by atoms with Gasteiger partial charge in [0, 0.05) is 43.3 Å². The molecule has 1 atom stereocenters. The molecule has 0 bridgehead atoms. The molecule has 2 amide bonds. The first kappa shape index (κ1) is 22.3. The summed E-state index contributed by atoms with van der Waals surface area (Å²) in [5, 5.41) is 4.19. The number of aromatic nitrogens is 1. The van der Waals surface area contributed by atoms with Crippen molar-refractivity contribution >= 4 is 22.6 Å². The van der Waals surface area contributed by atoms with Gasteiger partial charge in [-0.25, -0.2) is 4.79 Å². The van der Waals surface area contributed by atoms with Crippen LogP contribution in [0.3, 0.4) is 0 Å². The maximum absolute atomic E-state index is 13.6. The zero-order valence-corrected chi connectivity index (χ0v) is 19.2. The predicted octanol–water partition coefficient (Wildman–Crippen LogP) is 5.92. The summed E-state index contributed by atoms with van der Waals surface area (Å²) >= 11 is 0. The third kappa shape index (κ3) is 5.28. The zero-order chi connectivity index (χ0) is 22.3. The number of para-hydroxylation sites is 1. The summed E-state index contributed by atoms with van der Waals surface area (Å²) in [5.41, 5.74) is 2.74. The number of urea groups is 1. The molecular weight excluding hydrogens is 396 g/mol. The highest BCUT2D eigenvalue weighted by Gasteiger charge is 2.29. The molecule has 3 aromatic rings. The van der Waals surface area contributed by atoms with Gasteiger partial charge in [0.1, 0.15) is 0 Å². The molecule has 0 spiro atoms. The molecule has 1 aromatic heterocycles. The van der Waals surface area contributed by atoms with Gasteiger partial charge in [0.05, 0.1) is 11.2 Å². The number of carbonyl (C=O) groups is 1. The Balaban J connectivity index is 1.52. The number of carbonyl (C=O) groups excluding carboxylic acids is 1. The molecule has 1 saturated heterocycles. The van der Waals surface area contributed by atoms with E-state index in [9.17, 15) is 4.79 Å². The summed E-state index contributed by atoms with van der Waals surface area (Å²) in [5.74, 6) is 0. The molecule has 5 nitrogen and oxygen atoms in total. The van der Waals surface area contributed by atoms with Crippen LogP contribution in [0.1, 0.15) is 45.1 Å². The van der Waals surface area contributed by atoms with Gasteiger partial charge in [-0.2, -0.15) is 0 Å². The average Bonchev–Trinajstić information content (AvgIpc) is 2.84. The van der Waals surface area contributed by atoms with Crippen LogP contribution < -0.4 is 5.32 Å². The maximum atomic E-state index is 13.6. The van der Waals surface area contributed by atoms with E-state index in [1.54, 1.807) is 6.20 Å². The van der Waals surface area contributed by atoms with Crippen LogP contribution in [0.2, 0.25) is 0 Å². The number of likely N-dealkylation sites (tertiary alicyclic amines) is 1. The number of nitrogens with one attached hydrogen (secondary N) is 1. The van der Waals surface area contributed by atoms with Crippen molar-refractivity contribution < 1.29 is 4.79 Å². The minimum atomic E-state index is -0.0490. The van der Waals surface area contributed by atoms with E-state index >= 15 is 0 Å². The Bertz CT molecular complexity index is 1010. The van der Waals surface area contributed by atoms with E-state index in [0.29, 0.717) is 12.6 Å². The van der Waals surface area contributed by atoms with Crippen molar-refractivity contribution in [1.82, 2.24) is 14.8 Å². The van der Waals surface area contributed by atoms with Crippen LogP contribution in [0.5, 0.6) is 0 Å². The topological polar surface area (TPSA) is 48.5 Å². The molecule has 1 aliphatic rings. The van der Waals surface area contributed by atoms with E-state index < -0.39 is 0 Å². The number of anilines is 1. The van der Waals surface area contributed by atoms with E-state index in [0.717, 1.165) is 48.1 Å². The molecule has 1 aliphatic heterocycles. The molecule has 2 aromatic carbocycles. The summed E-state index contributed by atoms with van der Waals surface area (Å²) in [4.78, 5) is 22.7. The molecule has 0 aliphatic carbocycles. The van der Waals surface area contributed by atoms with Crippen LogP contribution in [0, 0.1) is 0 Å². The van der Waals surface area contributed by atoms with Gasteiger partial charge in [0.2, 0.25) is 0 Å². The van der Waals surface area contributed by atoms with Crippen LogP contribution in [0.25, 0.3) is 10.9 Å². The van der Waals surface area contributed by atoms with Crippen LogP contribution in [-0.2, 0) is 6.54 Å². The summed E-state index contributed by atoms with van der Waals surface area (Å²) < 4.78 is 0. The van der Waals surface area contributed by atoms with Gasteiger partial charge in [0.15, 0.2) is 0 Å². The fourth-order valence-corrected chi connectivity index (χ4v) is 4.78. The Kier molecular flexibility index (Phi) is 7.38. The first-order chi connectivity index (χ1) is 15.7. The Hall–Kier alpha value is -2.92. The highest BCUT2D eigenvalue weighted by molar-refractivity contribution is 5.99. The maximum Gasteiger partial charge on any atom is 0.322 e. The molecule has 5 heteroatoms. The quantitative estimate of drug-likeness (QED) is 0.506. The van der Waals surface area contributed by atoms with E-state index in [2.05, 4.69) is 41.2 Å². The average molecular weight is 431 g/mol. The summed E-state index contributed by atoms with van der Waals surface area (Å²) in [6, 6.07) is 20.9. The van der Waals surface area contributed by atoms with Crippen molar-refractivity contribution in [2.75, 3.05) is 18.4 Å². The second kappa shape index (κ2) is 10.6. The number of nitrogens with zero attached hydrogens (tertiary/aromatic N) is 3. The van der Waals surface area contributed by atoms with Crippen molar-refractivity contribution in [2.24, 2.45) is 0 Å². The van der Waals surface area contributed by atoms with E-state index in [-0.39, 0.29) is 12.1 Å². The lowest BCUT2D eigenvalue weighted by molar-refractivity contribution is 0.0989. The van der Waals surface area contributed by atoms with E-state index in [4.69, 9.17) is 0 Å². The highest BCUT2D eigenvalue weighted by Crippen LogP contribution is 2.25. The fraction of sp³-hybridized carbons (Fsp3) is 0.407. The minimum Gasteiger partial charge on any atom is -0.317 e. The van der Waals surface area contributed by atoms with Crippen LogP contribution in [-0.4, -0.2) is 46.0 Å². The second-order valence-electron chi connectivity index (χ2n) is 8.83. The normalized spacial score (nSPS) is 16.1. The van der Waals surface area contributed by atoms with Gasteiger partial charge >= 0.3 is 6.03 Å². The van der Waals surface area contributed by atoms with Crippen molar-refractivity contribution in [3.05, 3.63) is 72.4 Å². The number of fused-ring (bicyclic) bond motifs is 1. The Labute approximate surface area is 191 Å². The molecule has 32 heavy (non-hydrogen) atoms. The van der Waals surface area contributed by atoms with Gasteiger partial charge in [0.25, 0.3) is 0 Å². The van der Waals surface area contributed by atoms with Gasteiger partial charge in [-0.1, -0.05) is 61.9 Å². The fourth-order valence-electron chi connectivity index (χ4n) is 4.78. The first-order valence-electron chi connectivity index (χ1n) is 11.8. The van der Waals surface area contributed by atoms with Crippen molar-refractivity contribution in [2.45, 2.75) is 58.2 Å². The lowest BCUT2D eigenvalue weighted by atomic mass is 10.00. The van der Waals surface area contributed by atoms with Gasteiger partial charge in [-0.05, 0) is 43.9 Å². The van der Waals surface area contributed by atoms with Crippen molar-refractivity contribution in [3.63, 3.8) is 0 Å². The minimum absolute atomic E-state index is 0.0490. The number of pyridine rings is 1. The summed E-state index contributed by atoms with van der Waals surface area (Å²) in [6.45, 7) is 7.27. The van der Waals surface area contributed by atoms with Gasteiger partial charge in [-0.3, -0.25) is 4.98 Å². The Morgan fingerprint density at radius 3 is 2.59 bits per heavy atom. The smallest absolute Gasteiger partial charge is 0.317 e. The predicted molar refractivity (Wildman–Crippen MR) is 132 cm³/mol. The third-order valence-corrected chi connectivity index (χ3v) is 6.60. The number of rotatable bonds is 7. The van der Waals surface area contributed by atoms with Crippen LogP contribution in [0.15, 0.2) is 66.9 Å². The molecule has 1 unspecified atom stereocenters. The van der Waals surface area contributed by atoms with E-state index in [1.165, 1.54) is 12.8 Å². The molecule has 1 fully saturated rings. The third-order valence-electron chi connectivity index (χ3n) is 6.60. The van der Waals surface area contributed by atoms with Gasteiger partial charge in [-0.15, -0.1) is 0 Å². The highest BCUT2D eigenvalue weighted by atomic mass is 16.2. The number of piperidine rings is 1. The van der Waals surface area contributed by atoms with Crippen molar-refractivity contribution in [3.8, 4) is 0 Å². The van der Waals surface area contributed by atoms with E-state index in [1.807, 2.05) is 53.4 Å². The lowest BCUT2D eigenvalue weighted by Crippen LogP contribution is -2.50. The molecule has 2 heterocycles. The van der Waals surface area contributed by atoms with Crippen molar-refractivity contribution in [1.29, 1.82) is 0 Å². The Morgan fingerprint density at radius 2 is 1.84 bits per heavy atom. The largest absolute Gasteiger partial charge is 0.322 e. The number of hydrogen-bond donors (Lipinski definition) is 1. The molecule has 4 rings (SSSR count). The first-order valence-corrected chi connectivity index (χ1v) is 11.8. The molecule has 1 N–H and O–H groups in total. The molecule has 0 radical (unpaired) electrons. The molecular formula is C27H34N4O. The number of benzene rings is 2. The molecule has 0 saturated carbocycles. The second-order valence-corrected chi connectivity index (χ2v) is 8.83. The Morgan fingerprint density at radius 1 is 1.09 bits per heavy atom. The monoisotopic (exact) mass is 430 g/mol. The van der Waals surface area contributed by atoms with Crippen LogP contribution >= 0.6 is 0 Å².